The summed E-state index contributed by atoms with van der Waals surface area (Å²) in [6.45, 7) is 0. The van der Waals surface area contributed by atoms with Crippen LogP contribution in [0.3, 0.4) is 0 Å². The Kier molecular flexibility index (Phi) is 3.68. The Balaban J connectivity index is 3.01. The van der Waals surface area contributed by atoms with Crippen molar-refractivity contribution < 1.29 is 0 Å². The van der Waals surface area contributed by atoms with Crippen LogP contribution in [0.15, 0.2) is 17.9 Å². The molecule has 0 unspecified atom stereocenters. The third-order valence-electron chi connectivity index (χ3n) is 1.23. The van der Waals surface area contributed by atoms with Crippen LogP contribution in [0.25, 0.3) is 0 Å². The lowest BCUT2D eigenvalue weighted by atomic mass is 10.2. The van der Waals surface area contributed by atoms with Gasteiger partial charge in [-0.15, -0.1) is 0 Å². The molecule has 0 radical (unpaired) electrons. The second kappa shape index (κ2) is 3.87. The van der Waals surface area contributed by atoms with E-state index >= 15 is 0 Å². The molecule has 1 aliphatic carbocycles. The minimum Gasteiger partial charge on any atom is -0.0544 e. The highest BCUT2D eigenvalue weighted by atomic mass is 79.9. The van der Waals surface area contributed by atoms with Crippen LogP contribution in [0.2, 0.25) is 0 Å². The van der Waals surface area contributed by atoms with Gasteiger partial charge in [-0.1, -0.05) is 31.9 Å². The van der Waals surface area contributed by atoms with Crippen LogP contribution in [-0.2, 0) is 0 Å². The zero-order valence-electron chi connectivity index (χ0n) is 4.93. The van der Waals surface area contributed by atoms with Crippen molar-refractivity contribution in [1.29, 1.82) is 0 Å². The fraction of sp³-hybridized carbons (Fsp3) is 0.333. The Labute approximate surface area is 93.6 Å². The van der Waals surface area contributed by atoms with Crippen LogP contribution in [0.4, 0.5) is 0 Å². The van der Waals surface area contributed by atoms with E-state index in [9.17, 15) is 0 Å². The lowest BCUT2D eigenvalue weighted by Gasteiger charge is -2.12. The summed E-state index contributed by atoms with van der Waals surface area (Å²) in [4.78, 5) is 0. The van der Waals surface area contributed by atoms with E-state index in [2.05, 4.69) is 63.7 Å². The molecule has 10 heavy (non-hydrogen) atoms. The molecule has 1 rings (SSSR count). The largest absolute Gasteiger partial charge is 0.0544 e. The SMILES string of the molecule is BrC1=C(Br)C(Br)=C(Br)CC1. The maximum atomic E-state index is 3.47. The molecule has 0 bridgehead atoms. The first kappa shape index (κ1) is 9.49. The van der Waals surface area contributed by atoms with Crippen molar-refractivity contribution in [2.24, 2.45) is 0 Å². The number of hydrogen-bond acceptors (Lipinski definition) is 0. The molecule has 0 atom stereocenters. The highest BCUT2D eigenvalue weighted by Gasteiger charge is 2.14. The molecule has 0 amide bonds. The molecular weight excluding hydrogens is 392 g/mol. The summed E-state index contributed by atoms with van der Waals surface area (Å²) in [5.41, 5.74) is 0. The summed E-state index contributed by atoms with van der Waals surface area (Å²) >= 11 is 13.9. The summed E-state index contributed by atoms with van der Waals surface area (Å²) in [6, 6.07) is 0. The highest BCUT2D eigenvalue weighted by Crippen LogP contribution is 2.41. The summed E-state index contributed by atoms with van der Waals surface area (Å²) < 4.78 is 4.68. The molecule has 0 aromatic heterocycles. The summed E-state index contributed by atoms with van der Waals surface area (Å²) in [5, 5.41) is 0. The summed E-state index contributed by atoms with van der Waals surface area (Å²) in [6.07, 6.45) is 2.13. The van der Waals surface area contributed by atoms with Crippen LogP contribution < -0.4 is 0 Å². The van der Waals surface area contributed by atoms with E-state index in [1.807, 2.05) is 0 Å². The van der Waals surface area contributed by atoms with Crippen molar-refractivity contribution in [2.45, 2.75) is 12.8 Å². The van der Waals surface area contributed by atoms with Gasteiger partial charge in [0.1, 0.15) is 0 Å². The molecule has 56 valence electrons. The van der Waals surface area contributed by atoms with E-state index in [-0.39, 0.29) is 0 Å². The van der Waals surface area contributed by atoms with Crippen molar-refractivity contribution in [1.82, 2.24) is 0 Å². The minimum absolute atomic E-state index is 1.07. The second-order valence-corrected chi connectivity index (χ2v) is 5.44. The van der Waals surface area contributed by atoms with Gasteiger partial charge in [-0.2, -0.15) is 0 Å². The van der Waals surface area contributed by atoms with Gasteiger partial charge in [-0.05, 0) is 44.7 Å². The predicted octanol–water partition coefficient (Wildman–Crippen LogP) is 4.78. The van der Waals surface area contributed by atoms with Gasteiger partial charge in [-0.3, -0.25) is 0 Å². The molecule has 0 fully saturated rings. The first-order valence-electron chi connectivity index (χ1n) is 2.71. The van der Waals surface area contributed by atoms with Crippen molar-refractivity contribution in [2.75, 3.05) is 0 Å². The maximum Gasteiger partial charge on any atom is 0.0426 e. The summed E-state index contributed by atoms with van der Waals surface area (Å²) in [5.74, 6) is 0. The van der Waals surface area contributed by atoms with Crippen molar-refractivity contribution in [3.8, 4) is 0 Å². The molecule has 4 heteroatoms. The van der Waals surface area contributed by atoms with Crippen LogP contribution >= 0.6 is 63.7 Å². The first-order chi connectivity index (χ1) is 4.63. The van der Waals surface area contributed by atoms with Gasteiger partial charge in [0.15, 0.2) is 0 Å². The van der Waals surface area contributed by atoms with Crippen LogP contribution in [-0.4, -0.2) is 0 Å². The number of hydrogen-bond donors (Lipinski definition) is 0. The standard InChI is InChI=1S/C6H4Br4/c7-3-1-2-4(8)6(10)5(3)9/h1-2H2. The van der Waals surface area contributed by atoms with E-state index in [0.717, 1.165) is 21.8 Å². The molecule has 0 aromatic carbocycles. The third-order valence-corrected chi connectivity index (χ3v) is 6.17. The van der Waals surface area contributed by atoms with Crippen molar-refractivity contribution >= 4 is 63.7 Å². The topological polar surface area (TPSA) is 0 Å². The zero-order chi connectivity index (χ0) is 7.72. The minimum atomic E-state index is 1.07. The van der Waals surface area contributed by atoms with E-state index in [1.54, 1.807) is 0 Å². The van der Waals surface area contributed by atoms with Gasteiger partial charge < -0.3 is 0 Å². The summed E-state index contributed by atoms with van der Waals surface area (Å²) in [7, 11) is 0. The predicted molar refractivity (Wildman–Crippen MR) is 59.0 cm³/mol. The monoisotopic (exact) mass is 392 g/mol. The Hall–Kier alpha value is 1.40. The average molecular weight is 396 g/mol. The molecule has 0 heterocycles. The fourth-order valence-electron chi connectivity index (χ4n) is 0.677. The Morgan fingerprint density at radius 2 is 1.00 bits per heavy atom. The van der Waals surface area contributed by atoms with E-state index < -0.39 is 0 Å². The van der Waals surface area contributed by atoms with Crippen molar-refractivity contribution in [3.63, 3.8) is 0 Å². The number of allylic oxidation sites excluding steroid dienone is 4. The van der Waals surface area contributed by atoms with Gasteiger partial charge in [0.2, 0.25) is 0 Å². The van der Waals surface area contributed by atoms with Gasteiger partial charge in [0.25, 0.3) is 0 Å². The molecular formula is C6H4Br4. The van der Waals surface area contributed by atoms with E-state index in [4.69, 9.17) is 0 Å². The smallest absolute Gasteiger partial charge is 0.0426 e. The quantitative estimate of drug-likeness (QED) is 0.553. The molecule has 0 aromatic rings. The molecule has 0 N–H and O–H groups in total. The van der Waals surface area contributed by atoms with Gasteiger partial charge in [0.05, 0.1) is 0 Å². The van der Waals surface area contributed by atoms with Crippen LogP contribution in [0.1, 0.15) is 12.8 Å². The van der Waals surface area contributed by atoms with Crippen LogP contribution in [0.5, 0.6) is 0 Å². The van der Waals surface area contributed by atoms with Gasteiger partial charge in [0, 0.05) is 17.9 Å². The molecule has 0 aliphatic heterocycles. The Bertz CT molecular complexity index is 190. The molecule has 0 saturated carbocycles. The van der Waals surface area contributed by atoms with Gasteiger partial charge in [-0.25, -0.2) is 0 Å². The lowest BCUT2D eigenvalue weighted by Crippen LogP contribution is -1.90. The third kappa shape index (κ3) is 1.96. The molecule has 0 nitrogen and oxygen atoms in total. The van der Waals surface area contributed by atoms with Crippen molar-refractivity contribution in [3.05, 3.63) is 17.9 Å². The van der Waals surface area contributed by atoms with E-state index in [1.165, 1.54) is 8.96 Å². The second-order valence-electron chi connectivity index (χ2n) is 1.94. The fourth-order valence-corrected chi connectivity index (χ4v) is 2.88. The highest BCUT2D eigenvalue weighted by molar-refractivity contribution is 9.17. The zero-order valence-corrected chi connectivity index (χ0v) is 11.3. The number of halogens is 4. The molecule has 0 spiro atoms. The van der Waals surface area contributed by atoms with Crippen LogP contribution in [0, 0.1) is 0 Å². The number of rotatable bonds is 0. The Morgan fingerprint density at radius 3 is 1.30 bits per heavy atom. The Morgan fingerprint density at radius 1 is 0.700 bits per heavy atom. The maximum absolute atomic E-state index is 3.47. The lowest BCUT2D eigenvalue weighted by molar-refractivity contribution is 1.01. The normalized spacial score (nSPS) is 20.4. The van der Waals surface area contributed by atoms with E-state index in [0.29, 0.717) is 0 Å². The molecule has 0 saturated heterocycles. The first-order valence-corrected chi connectivity index (χ1v) is 5.89. The van der Waals surface area contributed by atoms with Gasteiger partial charge >= 0.3 is 0 Å². The molecule has 1 aliphatic rings. The average Bonchev–Trinajstić information content (AvgIpc) is 1.93.